The summed E-state index contributed by atoms with van der Waals surface area (Å²) < 4.78 is 12.5. The first-order valence-corrected chi connectivity index (χ1v) is 4.22. The van der Waals surface area contributed by atoms with Crippen LogP contribution in [0.5, 0.6) is 0 Å². The Balaban J connectivity index is 2.53. The lowest BCUT2D eigenvalue weighted by Gasteiger charge is -1.94. The standard InChI is InChI=1S/C11H13F/c1-2-3-4-5-10-6-8-11(12)9-7-10/h3-4,6-9H,2,5H2,1H3. The molecular formula is C11H13F. The predicted molar refractivity (Wildman–Crippen MR) is 49.5 cm³/mol. The van der Waals surface area contributed by atoms with Crippen molar-refractivity contribution in [2.75, 3.05) is 0 Å². The van der Waals surface area contributed by atoms with Crippen LogP contribution in [-0.2, 0) is 6.42 Å². The average molecular weight is 164 g/mol. The molecule has 0 aromatic heterocycles. The lowest BCUT2D eigenvalue weighted by Crippen LogP contribution is -1.80. The molecule has 0 saturated carbocycles. The normalized spacial score (nSPS) is 10.8. The molecule has 0 aliphatic carbocycles. The van der Waals surface area contributed by atoms with Crippen LogP contribution in [0, 0.1) is 5.82 Å². The molecule has 0 atom stereocenters. The quantitative estimate of drug-likeness (QED) is 0.601. The number of halogens is 1. The largest absolute Gasteiger partial charge is 0.207 e. The number of benzene rings is 1. The Bertz CT molecular complexity index is 246. The van der Waals surface area contributed by atoms with Gasteiger partial charge in [-0.15, -0.1) is 0 Å². The average Bonchev–Trinajstić information content (AvgIpc) is 2.09. The summed E-state index contributed by atoms with van der Waals surface area (Å²) in [5.41, 5.74) is 1.15. The molecule has 1 aromatic carbocycles. The van der Waals surface area contributed by atoms with Crippen molar-refractivity contribution in [3.63, 3.8) is 0 Å². The van der Waals surface area contributed by atoms with Crippen LogP contribution in [0.15, 0.2) is 36.4 Å². The van der Waals surface area contributed by atoms with Crippen LogP contribution in [0.2, 0.25) is 0 Å². The Hall–Kier alpha value is -1.11. The summed E-state index contributed by atoms with van der Waals surface area (Å²) in [6, 6.07) is 6.62. The lowest BCUT2D eigenvalue weighted by atomic mass is 10.1. The Morgan fingerprint density at radius 2 is 1.83 bits per heavy atom. The predicted octanol–water partition coefficient (Wildman–Crippen LogP) is 3.33. The molecule has 0 bridgehead atoms. The molecule has 12 heavy (non-hydrogen) atoms. The molecule has 64 valence electrons. The highest BCUT2D eigenvalue weighted by Crippen LogP contribution is 2.03. The fraction of sp³-hybridized carbons (Fsp3) is 0.273. The zero-order valence-electron chi connectivity index (χ0n) is 7.26. The van der Waals surface area contributed by atoms with Gasteiger partial charge in [-0.05, 0) is 30.5 Å². The molecule has 1 heteroatoms. The third kappa shape index (κ3) is 2.87. The highest BCUT2D eigenvalue weighted by atomic mass is 19.1. The van der Waals surface area contributed by atoms with Gasteiger partial charge in [0, 0.05) is 0 Å². The van der Waals surface area contributed by atoms with Crippen molar-refractivity contribution in [2.45, 2.75) is 19.8 Å². The maximum atomic E-state index is 12.5. The van der Waals surface area contributed by atoms with Crippen LogP contribution < -0.4 is 0 Å². The van der Waals surface area contributed by atoms with Crippen LogP contribution in [0.1, 0.15) is 18.9 Å². The minimum atomic E-state index is -0.168. The number of hydrogen-bond acceptors (Lipinski definition) is 0. The van der Waals surface area contributed by atoms with Crippen LogP contribution >= 0.6 is 0 Å². The summed E-state index contributed by atoms with van der Waals surface area (Å²) in [5.74, 6) is -0.168. The Morgan fingerprint density at radius 1 is 1.17 bits per heavy atom. The highest BCUT2D eigenvalue weighted by molar-refractivity contribution is 5.18. The van der Waals surface area contributed by atoms with E-state index < -0.39 is 0 Å². The van der Waals surface area contributed by atoms with E-state index in [0.717, 1.165) is 18.4 Å². The van der Waals surface area contributed by atoms with Gasteiger partial charge >= 0.3 is 0 Å². The maximum Gasteiger partial charge on any atom is 0.123 e. The molecule has 0 amide bonds. The second-order valence-electron chi connectivity index (χ2n) is 2.71. The van der Waals surface area contributed by atoms with Crippen molar-refractivity contribution >= 4 is 0 Å². The maximum absolute atomic E-state index is 12.5. The minimum absolute atomic E-state index is 0.168. The van der Waals surface area contributed by atoms with Crippen molar-refractivity contribution in [1.29, 1.82) is 0 Å². The van der Waals surface area contributed by atoms with Crippen molar-refractivity contribution < 1.29 is 4.39 Å². The molecule has 0 unspecified atom stereocenters. The third-order valence-electron chi connectivity index (χ3n) is 1.67. The van der Waals surface area contributed by atoms with E-state index in [1.54, 1.807) is 0 Å². The fourth-order valence-corrected chi connectivity index (χ4v) is 1.01. The molecular weight excluding hydrogens is 151 g/mol. The zero-order valence-corrected chi connectivity index (χ0v) is 7.26. The molecule has 0 aliphatic rings. The molecule has 0 radical (unpaired) electrons. The van der Waals surface area contributed by atoms with Crippen LogP contribution in [-0.4, -0.2) is 0 Å². The van der Waals surface area contributed by atoms with E-state index in [1.165, 1.54) is 12.1 Å². The van der Waals surface area contributed by atoms with E-state index >= 15 is 0 Å². The van der Waals surface area contributed by atoms with Gasteiger partial charge in [-0.25, -0.2) is 4.39 Å². The smallest absolute Gasteiger partial charge is 0.123 e. The summed E-state index contributed by atoms with van der Waals surface area (Å²) in [5, 5.41) is 0. The second kappa shape index (κ2) is 4.70. The highest BCUT2D eigenvalue weighted by Gasteiger charge is 1.89. The molecule has 0 spiro atoms. The third-order valence-corrected chi connectivity index (χ3v) is 1.67. The summed E-state index contributed by atoms with van der Waals surface area (Å²) in [7, 11) is 0. The van der Waals surface area contributed by atoms with E-state index in [0.29, 0.717) is 0 Å². The van der Waals surface area contributed by atoms with Crippen molar-refractivity contribution in [3.05, 3.63) is 47.8 Å². The lowest BCUT2D eigenvalue weighted by molar-refractivity contribution is 0.627. The van der Waals surface area contributed by atoms with Gasteiger partial charge in [0.15, 0.2) is 0 Å². The summed E-state index contributed by atoms with van der Waals surface area (Å²) >= 11 is 0. The summed E-state index contributed by atoms with van der Waals surface area (Å²) in [6.45, 7) is 2.10. The van der Waals surface area contributed by atoms with E-state index in [2.05, 4.69) is 19.1 Å². The number of allylic oxidation sites excluding steroid dienone is 2. The van der Waals surface area contributed by atoms with E-state index in [9.17, 15) is 4.39 Å². The Labute approximate surface area is 72.7 Å². The molecule has 0 saturated heterocycles. The van der Waals surface area contributed by atoms with Crippen molar-refractivity contribution in [3.8, 4) is 0 Å². The van der Waals surface area contributed by atoms with Crippen molar-refractivity contribution in [2.24, 2.45) is 0 Å². The molecule has 0 aliphatic heterocycles. The van der Waals surface area contributed by atoms with E-state index in [4.69, 9.17) is 0 Å². The molecule has 1 aromatic rings. The monoisotopic (exact) mass is 164 g/mol. The summed E-state index contributed by atoms with van der Waals surface area (Å²) in [6.07, 6.45) is 6.17. The van der Waals surface area contributed by atoms with Crippen molar-refractivity contribution in [1.82, 2.24) is 0 Å². The van der Waals surface area contributed by atoms with Gasteiger partial charge in [0.2, 0.25) is 0 Å². The number of hydrogen-bond donors (Lipinski definition) is 0. The van der Waals surface area contributed by atoms with Gasteiger partial charge in [0.05, 0.1) is 0 Å². The summed E-state index contributed by atoms with van der Waals surface area (Å²) in [4.78, 5) is 0. The van der Waals surface area contributed by atoms with Crippen LogP contribution in [0.3, 0.4) is 0 Å². The SMILES string of the molecule is CCC=CCc1ccc(F)cc1. The van der Waals surface area contributed by atoms with Gasteiger partial charge in [-0.1, -0.05) is 31.2 Å². The molecule has 0 heterocycles. The van der Waals surface area contributed by atoms with Gasteiger partial charge in [-0.3, -0.25) is 0 Å². The van der Waals surface area contributed by atoms with Crippen LogP contribution in [0.4, 0.5) is 4.39 Å². The van der Waals surface area contributed by atoms with Crippen LogP contribution in [0.25, 0.3) is 0 Å². The Morgan fingerprint density at radius 3 is 2.42 bits per heavy atom. The minimum Gasteiger partial charge on any atom is -0.207 e. The first-order valence-electron chi connectivity index (χ1n) is 4.22. The molecule has 0 N–H and O–H groups in total. The van der Waals surface area contributed by atoms with Gasteiger partial charge < -0.3 is 0 Å². The second-order valence-corrected chi connectivity index (χ2v) is 2.71. The van der Waals surface area contributed by atoms with Gasteiger partial charge in [0.25, 0.3) is 0 Å². The fourth-order valence-electron chi connectivity index (χ4n) is 1.01. The molecule has 0 nitrogen and oxygen atoms in total. The van der Waals surface area contributed by atoms with E-state index in [-0.39, 0.29) is 5.82 Å². The van der Waals surface area contributed by atoms with Gasteiger partial charge in [-0.2, -0.15) is 0 Å². The molecule has 1 rings (SSSR count). The molecule has 0 fully saturated rings. The van der Waals surface area contributed by atoms with Gasteiger partial charge in [0.1, 0.15) is 5.82 Å². The zero-order chi connectivity index (χ0) is 8.81. The number of rotatable bonds is 3. The van der Waals surface area contributed by atoms with E-state index in [1.807, 2.05) is 12.1 Å². The Kier molecular flexibility index (Phi) is 3.52. The first kappa shape index (κ1) is 8.98. The first-order chi connectivity index (χ1) is 5.83. The topological polar surface area (TPSA) is 0 Å².